The zero-order chi connectivity index (χ0) is 21.2. The minimum atomic E-state index is -0.689. The maximum Gasteiger partial charge on any atom is 0.331 e. The summed E-state index contributed by atoms with van der Waals surface area (Å²) < 4.78 is 16.1. The number of benzene rings is 1. The predicted molar refractivity (Wildman–Crippen MR) is 108 cm³/mol. The number of rotatable bonds is 8. The van der Waals surface area contributed by atoms with Gasteiger partial charge in [-0.2, -0.15) is 0 Å². The van der Waals surface area contributed by atoms with Gasteiger partial charge in [0.15, 0.2) is 18.1 Å². The second kappa shape index (κ2) is 11.3. The van der Waals surface area contributed by atoms with Crippen LogP contribution in [-0.2, 0) is 19.1 Å². The van der Waals surface area contributed by atoms with E-state index in [1.54, 1.807) is 12.1 Å². The van der Waals surface area contributed by atoms with Crippen LogP contribution in [0.1, 0.15) is 25.3 Å². The molecule has 0 saturated carbocycles. The normalized spacial score (nSPS) is 12.9. The molecule has 1 aromatic carbocycles. The number of likely N-dealkylation sites (N-methyl/N-ethyl adjacent to an activating group) is 1. The Bertz CT molecular complexity index is 780. The van der Waals surface area contributed by atoms with Crippen LogP contribution in [-0.4, -0.2) is 62.6 Å². The van der Waals surface area contributed by atoms with Gasteiger partial charge in [0, 0.05) is 26.1 Å². The molecule has 0 aromatic heterocycles. The standard InChI is InChI=1S/C20H25ClN2O6/c1-3-7-22-17(24)12-23(2)18(25)13-29-19(26)6-5-14-10-15(21)20-16(11-14)27-8-4-9-28-20/h5-6,10-11H,3-4,7-9,12-13H2,1-2H3,(H,22,24)/b6-5+. The summed E-state index contributed by atoms with van der Waals surface area (Å²) in [6, 6.07) is 3.36. The number of amides is 2. The van der Waals surface area contributed by atoms with Crippen molar-refractivity contribution in [2.75, 3.05) is 40.0 Å². The third-order valence-electron chi connectivity index (χ3n) is 3.95. The molecular formula is C20H25ClN2O6. The molecule has 29 heavy (non-hydrogen) atoms. The minimum absolute atomic E-state index is 0.0953. The van der Waals surface area contributed by atoms with E-state index in [0.29, 0.717) is 41.8 Å². The van der Waals surface area contributed by atoms with Crippen LogP contribution in [0.4, 0.5) is 0 Å². The molecule has 158 valence electrons. The topological polar surface area (TPSA) is 94.2 Å². The Morgan fingerprint density at radius 3 is 2.79 bits per heavy atom. The van der Waals surface area contributed by atoms with Crippen LogP contribution in [0.5, 0.6) is 11.5 Å². The average Bonchev–Trinajstić information content (AvgIpc) is 2.94. The Morgan fingerprint density at radius 2 is 2.03 bits per heavy atom. The van der Waals surface area contributed by atoms with Gasteiger partial charge in [0.25, 0.3) is 5.91 Å². The van der Waals surface area contributed by atoms with Crippen molar-refractivity contribution in [3.8, 4) is 11.5 Å². The molecule has 9 heteroatoms. The largest absolute Gasteiger partial charge is 0.489 e. The van der Waals surface area contributed by atoms with Gasteiger partial charge in [-0.1, -0.05) is 18.5 Å². The van der Waals surface area contributed by atoms with E-state index < -0.39 is 18.5 Å². The second-order valence-electron chi connectivity index (χ2n) is 6.42. The van der Waals surface area contributed by atoms with Gasteiger partial charge in [0.1, 0.15) is 0 Å². The summed E-state index contributed by atoms with van der Waals surface area (Å²) in [7, 11) is 1.47. The smallest absolute Gasteiger partial charge is 0.331 e. The van der Waals surface area contributed by atoms with E-state index in [1.807, 2.05) is 6.92 Å². The highest BCUT2D eigenvalue weighted by Crippen LogP contribution is 2.38. The first-order valence-electron chi connectivity index (χ1n) is 9.35. The Balaban J connectivity index is 1.85. The van der Waals surface area contributed by atoms with Crippen molar-refractivity contribution in [1.29, 1.82) is 0 Å². The number of ether oxygens (including phenoxy) is 3. The molecule has 1 aromatic rings. The Kier molecular flexibility index (Phi) is 8.79. The lowest BCUT2D eigenvalue weighted by atomic mass is 10.2. The number of halogens is 1. The van der Waals surface area contributed by atoms with Crippen molar-refractivity contribution in [2.24, 2.45) is 0 Å². The summed E-state index contributed by atoms with van der Waals surface area (Å²) in [6.45, 7) is 2.97. The first kappa shape index (κ1) is 22.5. The molecule has 2 amide bonds. The first-order chi connectivity index (χ1) is 13.9. The SMILES string of the molecule is CCCNC(=O)CN(C)C(=O)COC(=O)/C=C/c1cc(Cl)c2c(c1)OCCCO2. The van der Waals surface area contributed by atoms with E-state index in [2.05, 4.69) is 5.32 Å². The van der Waals surface area contributed by atoms with Crippen molar-refractivity contribution in [2.45, 2.75) is 19.8 Å². The summed E-state index contributed by atoms with van der Waals surface area (Å²) >= 11 is 6.21. The second-order valence-corrected chi connectivity index (χ2v) is 6.83. The van der Waals surface area contributed by atoms with Crippen LogP contribution in [0.15, 0.2) is 18.2 Å². The Labute approximate surface area is 174 Å². The van der Waals surface area contributed by atoms with Crippen LogP contribution < -0.4 is 14.8 Å². The number of hydrogen-bond acceptors (Lipinski definition) is 6. The highest BCUT2D eigenvalue weighted by Gasteiger charge is 2.16. The van der Waals surface area contributed by atoms with Crippen molar-refractivity contribution in [3.05, 3.63) is 28.8 Å². The minimum Gasteiger partial charge on any atom is -0.489 e. The number of carbonyl (C=O) groups is 3. The summed E-state index contributed by atoms with van der Waals surface area (Å²) in [5, 5.41) is 3.05. The van der Waals surface area contributed by atoms with E-state index in [9.17, 15) is 14.4 Å². The molecule has 1 heterocycles. The maximum atomic E-state index is 12.0. The first-order valence-corrected chi connectivity index (χ1v) is 9.73. The van der Waals surface area contributed by atoms with Gasteiger partial charge in [0.05, 0.1) is 24.8 Å². The highest BCUT2D eigenvalue weighted by atomic mass is 35.5. The zero-order valence-electron chi connectivity index (χ0n) is 16.5. The third-order valence-corrected chi connectivity index (χ3v) is 4.23. The monoisotopic (exact) mass is 424 g/mol. The van der Waals surface area contributed by atoms with Crippen molar-refractivity contribution in [3.63, 3.8) is 0 Å². The number of nitrogens with zero attached hydrogens (tertiary/aromatic N) is 1. The molecule has 1 aliphatic rings. The number of hydrogen-bond donors (Lipinski definition) is 1. The predicted octanol–water partition coefficient (Wildman–Crippen LogP) is 2.04. The Hall–Kier alpha value is -2.74. The van der Waals surface area contributed by atoms with Crippen LogP contribution in [0.25, 0.3) is 6.08 Å². The van der Waals surface area contributed by atoms with Crippen LogP contribution in [0, 0.1) is 0 Å². The van der Waals surface area contributed by atoms with Crippen LogP contribution >= 0.6 is 11.6 Å². The van der Waals surface area contributed by atoms with E-state index in [4.69, 9.17) is 25.8 Å². The molecule has 1 N–H and O–H groups in total. The molecule has 0 saturated heterocycles. The van der Waals surface area contributed by atoms with Gasteiger partial charge in [-0.25, -0.2) is 4.79 Å². The maximum absolute atomic E-state index is 12.0. The molecule has 1 aliphatic heterocycles. The fraction of sp³-hybridized carbons (Fsp3) is 0.450. The number of nitrogens with one attached hydrogen (secondary N) is 1. The average molecular weight is 425 g/mol. The van der Waals surface area contributed by atoms with Gasteiger partial charge >= 0.3 is 5.97 Å². The van der Waals surface area contributed by atoms with Crippen LogP contribution in [0.3, 0.4) is 0 Å². The van der Waals surface area contributed by atoms with E-state index in [0.717, 1.165) is 12.8 Å². The van der Waals surface area contributed by atoms with Crippen molar-refractivity contribution in [1.82, 2.24) is 10.2 Å². The molecule has 0 bridgehead atoms. The molecular weight excluding hydrogens is 400 g/mol. The van der Waals surface area contributed by atoms with Crippen molar-refractivity contribution < 1.29 is 28.6 Å². The fourth-order valence-electron chi connectivity index (χ4n) is 2.43. The summed E-state index contributed by atoms with van der Waals surface area (Å²) in [5.41, 5.74) is 0.632. The molecule has 8 nitrogen and oxygen atoms in total. The van der Waals surface area contributed by atoms with Gasteiger partial charge in [-0.05, 0) is 30.2 Å². The summed E-state index contributed by atoms with van der Waals surface area (Å²) in [6.07, 6.45) is 4.26. The van der Waals surface area contributed by atoms with Gasteiger partial charge in [-0.3, -0.25) is 9.59 Å². The summed E-state index contributed by atoms with van der Waals surface area (Å²) in [4.78, 5) is 36.7. The summed E-state index contributed by atoms with van der Waals surface area (Å²) in [5.74, 6) is -0.427. The number of esters is 1. The van der Waals surface area contributed by atoms with E-state index in [1.165, 1.54) is 24.1 Å². The van der Waals surface area contributed by atoms with Gasteiger partial charge in [0.2, 0.25) is 5.91 Å². The molecule has 0 radical (unpaired) electrons. The Morgan fingerprint density at radius 1 is 1.28 bits per heavy atom. The molecule has 0 fully saturated rings. The highest BCUT2D eigenvalue weighted by molar-refractivity contribution is 6.32. The quantitative estimate of drug-likeness (QED) is 0.507. The molecule has 0 unspecified atom stereocenters. The molecule has 0 atom stereocenters. The lowest BCUT2D eigenvalue weighted by Crippen LogP contribution is -2.40. The number of fused-ring (bicyclic) bond motifs is 1. The van der Waals surface area contributed by atoms with Crippen LogP contribution in [0.2, 0.25) is 5.02 Å². The fourth-order valence-corrected chi connectivity index (χ4v) is 2.70. The third kappa shape index (κ3) is 7.30. The van der Waals surface area contributed by atoms with Gasteiger partial charge in [-0.15, -0.1) is 0 Å². The zero-order valence-corrected chi connectivity index (χ0v) is 17.3. The molecule has 0 spiro atoms. The van der Waals surface area contributed by atoms with E-state index >= 15 is 0 Å². The lowest BCUT2D eigenvalue weighted by Gasteiger charge is -2.16. The lowest BCUT2D eigenvalue weighted by molar-refractivity contribution is -0.148. The van der Waals surface area contributed by atoms with Gasteiger partial charge < -0.3 is 24.4 Å². The van der Waals surface area contributed by atoms with Crippen molar-refractivity contribution >= 4 is 35.5 Å². The molecule has 2 rings (SSSR count). The molecule has 0 aliphatic carbocycles. The van der Waals surface area contributed by atoms with E-state index in [-0.39, 0.29) is 12.5 Å². The number of carbonyl (C=O) groups excluding carboxylic acids is 3.